The molecule has 0 radical (unpaired) electrons. The lowest BCUT2D eigenvalue weighted by molar-refractivity contribution is 0.0959. The Morgan fingerprint density at radius 1 is 1.35 bits per heavy atom. The molecule has 0 spiro atoms. The quantitative estimate of drug-likeness (QED) is 0.666. The summed E-state index contributed by atoms with van der Waals surface area (Å²) in [5.41, 5.74) is 5.33. The molecule has 120 valence electrons. The zero-order valence-corrected chi connectivity index (χ0v) is 14.0. The Kier molecular flexibility index (Phi) is 4.57. The Labute approximate surface area is 139 Å². The second-order valence-corrected chi connectivity index (χ2v) is 7.19. The summed E-state index contributed by atoms with van der Waals surface area (Å²) in [6.45, 7) is 4.03. The minimum Gasteiger partial charge on any atom is -0.266 e. The van der Waals surface area contributed by atoms with Gasteiger partial charge in [-0.25, -0.2) is 9.82 Å². The van der Waals surface area contributed by atoms with Crippen molar-refractivity contribution >= 4 is 23.0 Å². The summed E-state index contributed by atoms with van der Waals surface area (Å²) in [5.74, 6) is 0.217. The molecule has 0 unspecified atom stereocenters. The molecule has 3 rings (SSSR count). The van der Waals surface area contributed by atoms with Crippen molar-refractivity contribution in [2.24, 2.45) is 11.0 Å². The molecule has 0 aliphatic heterocycles. The number of thiophene rings is 1. The second kappa shape index (κ2) is 6.62. The molecule has 2 aromatic rings. The third kappa shape index (κ3) is 3.67. The van der Waals surface area contributed by atoms with Crippen molar-refractivity contribution in [1.29, 1.82) is 0 Å². The van der Waals surface area contributed by atoms with E-state index in [4.69, 9.17) is 0 Å². The van der Waals surface area contributed by atoms with Crippen molar-refractivity contribution in [2.45, 2.75) is 33.1 Å². The van der Waals surface area contributed by atoms with Crippen LogP contribution in [0.5, 0.6) is 0 Å². The Hall–Kier alpha value is -2.01. The summed E-state index contributed by atoms with van der Waals surface area (Å²) in [7, 11) is 0. The van der Waals surface area contributed by atoms with Crippen LogP contribution in [0.25, 0.3) is 0 Å². The topological polar surface area (TPSA) is 41.5 Å². The monoisotopic (exact) mass is 330 g/mol. The van der Waals surface area contributed by atoms with Gasteiger partial charge < -0.3 is 0 Å². The van der Waals surface area contributed by atoms with Gasteiger partial charge in [0, 0.05) is 4.88 Å². The van der Waals surface area contributed by atoms with Gasteiger partial charge in [-0.3, -0.25) is 4.79 Å². The molecule has 1 aromatic carbocycles. The molecule has 1 heterocycles. The van der Waals surface area contributed by atoms with Gasteiger partial charge in [-0.15, -0.1) is 11.3 Å². The van der Waals surface area contributed by atoms with Crippen molar-refractivity contribution in [2.75, 3.05) is 0 Å². The predicted octanol–water partition coefficient (Wildman–Crippen LogP) is 4.17. The molecule has 5 heteroatoms. The van der Waals surface area contributed by atoms with Crippen LogP contribution in [0.2, 0.25) is 0 Å². The van der Waals surface area contributed by atoms with E-state index < -0.39 is 0 Å². The zero-order valence-electron chi connectivity index (χ0n) is 13.2. The third-order valence-electron chi connectivity index (χ3n) is 4.14. The largest absolute Gasteiger partial charge is 0.281 e. The normalized spacial score (nSPS) is 17.7. The number of aryl methyl sites for hydroxylation is 1. The number of fused-ring (bicyclic) bond motifs is 1. The van der Waals surface area contributed by atoms with E-state index in [1.165, 1.54) is 29.0 Å². The van der Waals surface area contributed by atoms with Gasteiger partial charge in [0.05, 0.1) is 10.6 Å². The van der Waals surface area contributed by atoms with Gasteiger partial charge in [0.2, 0.25) is 0 Å². The van der Waals surface area contributed by atoms with Gasteiger partial charge in [-0.05, 0) is 61.4 Å². The Morgan fingerprint density at radius 3 is 2.83 bits per heavy atom. The van der Waals surface area contributed by atoms with Crippen LogP contribution in [0.4, 0.5) is 4.39 Å². The van der Waals surface area contributed by atoms with Crippen molar-refractivity contribution < 1.29 is 9.18 Å². The number of amides is 1. The SMILES string of the molecule is C/C(=N/NC(=O)c1cc2c(s1)CC[C@@H](C)C2)c1ccc(F)cc1. The number of rotatable bonds is 3. The third-order valence-corrected chi connectivity index (χ3v) is 5.38. The van der Waals surface area contributed by atoms with Crippen LogP contribution in [-0.4, -0.2) is 11.6 Å². The van der Waals surface area contributed by atoms with E-state index in [-0.39, 0.29) is 11.7 Å². The molecule has 1 aliphatic rings. The van der Waals surface area contributed by atoms with Gasteiger partial charge in [-0.2, -0.15) is 5.10 Å². The van der Waals surface area contributed by atoms with Crippen LogP contribution in [0.1, 0.15) is 45.9 Å². The molecule has 1 N–H and O–H groups in total. The zero-order chi connectivity index (χ0) is 16.4. The highest BCUT2D eigenvalue weighted by Gasteiger charge is 2.20. The van der Waals surface area contributed by atoms with Gasteiger partial charge in [0.1, 0.15) is 5.82 Å². The van der Waals surface area contributed by atoms with Crippen molar-refractivity contribution in [3.63, 3.8) is 0 Å². The smallest absolute Gasteiger partial charge is 0.266 e. The maximum absolute atomic E-state index is 12.9. The summed E-state index contributed by atoms with van der Waals surface area (Å²) >= 11 is 1.56. The number of nitrogens with one attached hydrogen (secondary N) is 1. The van der Waals surface area contributed by atoms with Gasteiger partial charge >= 0.3 is 0 Å². The molecule has 23 heavy (non-hydrogen) atoms. The molecule has 1 atom stereocenters. The maximum Gasteiger partial charge on any atom is 0.281 e. The molecule has 0 fully saturated rings. The predicted molar refractivity (Wildman–Crippen MR) is 91.6 cm³/mol. The number of hydrazone groups is 1. The Bertz CT molecular complexity index is 749. The van der Waals surface area contributed by atoms with Gasteiger partial charge in [-0.1, -0.05) is 19.1 Å². The standard InChI is InChI=1S/C18H19FN2OS/c1-11-3-8-16-14(9-11)10-17(23-16)18(22)21-20-12(2)13-4-6-15(19)7-5-13/h4-7,10-11H,3,8-9H2,1-2H3,(H,21,22)/b20-12-/t11-/m1/s1. The average Bonchev–Trinajstić information content (AvgIpc) is 2.96. The lowest BCUT2D eigenvalue weighted by Crippen LogP contribution is -2.18. The first-order chi connectivity index (χ1) is 11.0. The molecule has 1 aliphatic carbocycles. The minimum absolute atomic E-state index is 0.182. The van der Waals surface area contributed by atoms with Gasteiger partial charge in [0.15, 0.2) is 0 Å². The van der Waals surface area contributed by atoms with E-state index in [9.17, 15) is 9.18 Å². The highest BCUT2D eigenvalue weighted by Crippen LogP contribution is 2.32. The lowest BCUT2D eigenvalue weighted by atomic mass is 9.90. The molecule has 3 nitrogen and oxygen atoms in total. The molecule has 0 saturated heterocycles. The lowest BCUT2D eigenvalue weighted by Gasteiger charge is -2.16. The van der Waals surface area contributed by atoms with E-state index >= 15 is 0 Å². The van der Waals surface area contributed by atoms with E-state index in [1.807, 2.05) is 6.07 Å². The minimum atomic E-state index is -0.288. The Morgan fingerprint density at radius 2 is 2.09 bits per heavy atom. The van der Waals surface area contributed by atoms with E-state index in [0.717, 1.165) is 18.4 Å². The second-order valence-electron chi connectivity index (χ2n) is 6.05. The van der Waals surface area contributed by atoms with E-state index in [2.05, 4.69) is 17.5 Å². The molecule has 0 saturated carbocycles. The van der Waals surface area contributed by atoms with Crippen LogP contribution in [-0.2, 0) is 12.8 Å². The number of carbonyl (C=O) groups is 1. The molecular formula is C18H19FN2OS. The molecule has 0 bridgehead atoms. The highest BCUT2D eigenvalue weighted by atomic mass is 32.1. The van der Waals surface area contributed by atoms with E-state index in [1.54, 1.807) is 30.4 Å². The van der Waals surface area contributed by atoms with Crippen LogP contribution >= 0.6 is 11.3 Å². The molecule has 1 aromatic heterocycles. The van der Waals surface area contributed by atoms with Crippen LogP contribution in [0.15, 0.2) is 35.4 Å². The first-order valence-corrected chi connectivity index (χ1v) is 8.56. The van der Waals surface area contributed by atoms with Crippen LogP contribution in [0.3, 0.4) is 0 Å². The molecule has 1 amide bonds. The number of hydrogen-bond acceptors (Lipinski definition) is 3. The van der Waals surface area contributed by atoms with Crippen molar-refractivity contribution in [3.8, 4) is 0 Å². The summed E-state index contributed by atoms with van der Waals surface area (Å²) < 4.78 is 12.9. The van der Waals surface area contributed by atoms with Crippen molar-refractivity contribution in [1.82, 2.24) is 5.43 Å². The average molecular weight is 330 g/mol. The number of benzene rings is 1. The van der Waals surface area contributed by atoms with E-state index in [0.29, 0.717) is 16.5 Å². The fraction of sp³-hybridized carbons (Fsp3) is 0.333. The van der Waals surface area contributed by atoms with Crippen LogP contribution in [0, 0.1) is 11.7 Å². The Balaban J connectivity index is 1.69. The number of carbonyl (C=O) groups excluding carboxylic acids is 1. The number of nitrogens with zero attached hydrogens (tertiary/aromatic N) is 1. The maximum atomic E-state index is 12.9. The summed E-state index contributed by atoms with van der Waals surface area (Å²) in [4.78, 5) is 14.3. The van der Waals surface area contributed by atoms with Gasteiger partial charge in [0.25, 0.3) is 5.91 Å². The molecular weight excluding hydrogens is 311 g/mol. The summed E-state index contributed by atoms with van der Waals surface area (Å²) in [5, 5.41) is 4.12. The number of hydrogen-bond donors (Lipinski definition) is 1. The summed E-state index contributed by atoms with van der Waals surface area (Å²) in [6, 6.07) is 8.04. The van der Waals surface area contributed by atoms with Crippen molar-refractivity contribution in [3.05, 3.63) is 57.0 Å². The van der Waals surface area contributed by atoms with Crippen LogP contribution < -0.4 is 5.43 Å². The first kappa shape index (κ1) is 15.9. The fourth-order valence-electron chi connectivity index (χ4n) is 2.76. The first-order valence-electron chi connectivity index (χ1n) is 7.75. The number of halogens is 1. The summed E-state index contributed by atoms with van der Waals surface area (Å²) in [6.07, 6.45) is 3.31. The highest BCUT2D eigenvalue weighted by molar-refractivity contribution is 7.14. The fourth-order valence-corrected chi connectivity index (χ4v) is 3.86.